The van der Waals surface area contributed by atoms with Crippen LogP contribution in [-0.4, -0.2) is 33.3 Å². The summed E-state index contributed by atoms with van der Waals surface area (Å²) in [5.74, 6) is -0.0307. The normalized spacial score (nSPS) is 15.3. The Balaban J connectivity index is 1.49. The van der Waals surface area contributed by atoms with Crippen molar-refractivity contribution in [2.75, 3.05) is 13.1 Å². The predicted octanol–water partition coefficient (Wildman–Crippen LogP) is 4.54. The highest BCUT2D eigenvalue weighted by Gasteiger charge is 2.17. The molecule has 3 heterocycles. The van der Waals surface area contributed by atoms with E-state index in [1.807, 2.05) is 26.9 Å². The fourth-order valence-corrected chi connectivity index (χ4v) is 4.43. The van der Waals surface area contributed by atoms with Gasteiger partial charge in [-0.15, -0.1) is 11.3 Å². The van der Waals surface area contributed by atoms with Gasteiger partial charge in [0.2, 0.25) is 5.91 Å². The van der Waals surface area contributed by atoms with E-state index in [0.717, 1.165) is 36.6 Å². The van der Waals surface area contributed by atoms with Crippen molar-refractivity contribution in [2.24, 2.45) is 0 Å². The minimum absolute atomic E-state index is 0.237. The molecule has 0 bridgehead atoms. The van der Waals surface area contributed by atoms with E-state index in [2.05, 4.69) is 4.98 Å². The molecule has 1 fully saturated rings. The standard InChI is InChI=1S/C20H22FN3OS/c21-17-8-4-3-7-16(17)18-13-24-15(14-26-20(24)22-18)9-10-19(25)23-11-5-1-2-6-12-23/h3-4,7-8,13-14H,1-2,5-6,9-12H2. The molecule has 1 amide bonds. The van der Waals surface area contributed by atoms with Crippen LogP contribution >= 0.6 is 11.3 Å². The smallest absolute Gasteiger partial charge is 0.222 e. The molecule has 1 aromatic carbocycles. The quantitative estimate of drug-likeness (QED) is 0.675. The van der Waals surface area contributed by atoms with E-state index >= 15 is 0 Å². The maximum absolute atomic E-state index is 14.0. The number of hydrogen-bond donors (Lipinski definition) is 0. The van der Waals surface area contributed by atoms with Gasteiger partial charge in [0.25, 0.3) is 0 Å². The number of imidazole rings is 1. The lowest BCUT2D eigenvalue weighted by atomic mass is 10.1. The van der Waals surface area contributed by atoms with Crippen LogP contribution in [0.15, 0.2) is 35.8 Å². The van der Waals surface area contributed by atoms with E-state index in [9.17, 15) is 9.18 Å². The number of likely N-dealkylation sites (tertiary alicyclic amines) is 1. The molecular weight excluding hydrogens is 349 g/mol. The first-order chi connectivity index (χ1) is 12.7. The number of thiazole rings is 1. The van der Waals surface area contributed by atoms with Crippen LogP contribution in [0.3, 0.4) is 0 Å². The first-order valence-electron chi connectivity index (χ1n) is 9.20. The molecule has 0 atom stereocenters. The summed E-state index contributed by atoms with van der Waals surface area (Å²) in [7, 11) is 0. The van der Waals surface area contributed by atoms with E-state index in [4.69, 9.17) is 0 Å². The lowest BCUT2D eigenvalue weighted by molar-refractivity contribution is -0.131. The lowest BCUT2D eigenvalue weighted by Crippen LogP contribution is -2.32. The highest BCUT2D eigenvalue weighted by Crippen LogP contribution is 2.26. The number of fused-ring (bicyclic) bond motifs is 1. The number of halogens is 1. The summed E-state index contributed by atoms with van der Waals surface area (Å²) >= 11 is 1.53. The van der Waals surface area contributed by atoms with Crippen molar-refractivity contribution in [1.29, 1.82) is 0 Å². The third-order valence-electron chi connectivity index (χ3n) is 4.99. The first kappa shape index (κ1) is 17.2. The summed E-state index contributed by atoms with van der Waals surface area (Å²) in [5, 5.41) is 2.04. The molecule has 6 heteroatoms. The summed E-state index contributed by atoms with van der Waals surface area (Å²) in [5.41, 5.74) is 2.20. The number of nitrogens with zero attached hydrogens (tertiary/aromatic N) is 3. The van der Waals surface area contributed by atoms with Crippen LogP contribution in [0.4, 0.5) is 4.39 Å². The van der Waals surface area contributed by atoms with Gasteiger partial charge < -0.3 is 4.90 Å². The average Bonchev–Trinajstić information content (AvgIpc) is 3.10. The fourth-order valence-electron chi connectivity index (χ4n) is 3.52. The maximum Gasteiger partial charge on any atom is 0.222 e. The molecule has 2 aromatic heterocycles. The molecule has 4 rings (SSSR count). The second kappa shape index (κ2) is 7.58. The molecule has 4 nitrogen and oxygen atoms in total. The van der Waals surface area contributed by atoms with Crippen LogP contribution in [0.25, 0.3) is 16.2 Å². The van der Waals surface area contributed by atoms with Gasteiger partial charge in [0.05, 0.1) is 5.69 Å². The molecule has 1 saturated heterocycles. The van der Waals surface area contributed by atoms with Crippen LogP contribution < -0.4 is 0 Å². The van der Waals surface area contributed by atoms with Gasteiger partial charge in [-0.05, 0) is 31.4 Å². The van der Waals surface area contributed by atoms with Gasteiger partial charge in [-0.25, -0.2) is 9.37 Å². The monoisotopic (exact) mass is 371 g/mol. The molecule has 0 aliphatic carbocycles. The Morgan fingerprint density at radius 3 is 2.69 bits per heavy atom. The van der Waals surface area contributed by atoms with Gasteiger partial charge >= 0.3 is 0 Å². The molecule has 0 unspecified atom stereocenters. The van der Waals surface area contributed by atoms with Crippen LogP contribution in [0.5, 0.6) is 0 Å². The molecule has 0 saturated carbocycles. The molecule has 0 radical (unpaired) electrons. The number of rotatable bonds is 4. The number of aryl methyl sites for hydroxylation is 1. The predicted molar refractivity (Wildman–Crippen MR) is 102 cm³/mol. The number of carbonyl (C=O) groups excluding carboxylic acids is 1. The van der Waals surface area contributed by atoms with Gasteiger partial charge in [0, 0.05) is 42.3 Å². The fraction of sp³-hybridized carbons (Fsp3) is 0.400. The molecular formula is C20H22FN3OS. The lowest BCUT2D eigenvalue weighted by Gasteiger charge is -2.20. The third kappa shape index (κ3) is 3.51. The van der Waals surface area contributed by atoms with E-state index in [1.54, 1.807) is 12.1 Å². The van der Waals surface area contributed by atoms with Crippen molar-refractivity contribution in [1.82, 2.24) is 14.3 Å². The Hall–Kier alpha value is -2.21. The summed E-state index contributed by atoms with van der Waals surface area (Å²) in [6, 6.07) is 6.68. The summed E-state index contributed by atoms with van der Waals surface area (Å²) in [6.45, 7) is 1.78. The third-order valence-corrected chi connectivity index (χ3v) is 5.88. The highest BCUT2D eigenvalue weighted by molar-refractivity contribution is 7.15. The zero-order valence-electron chi connectivity index (χ0n) is 14.7. The Morgan fingerprint density at radius 2 is 1.92 bits per heavy atom. The Bertz CT molecular complexity index is 909. The summed E-state index contributed by atoms with van der Waals surface area (Å²) in [6.07, 6.45) is 7.74. The largest absolute Gasteiger partial charge is 0.343 e. The van der Waals surface area contributed by atoms with Crippen LogP contribution in [0.2, 0.25) is 0 Å². The van der Waals surface area contributed by atoms with E-state index in [0.29, 0.717) is 24.1 Å². The van der Waals surface area contributed by atoms with Gasteiger partial charge in [-0.1, -0.05) is 25.0 Å². The number of aromatic nitrogens is 2. The average molecular weight is 371 g/mol. The Morgan fingerprint density at radius 1 is 1.15 bits per heavy atom. The maximum atomic E-state index is 14.0. The highest BCUT2D eigenvalue weighted by atomic mass is 32.1. The number of amides is 1. The van der Waals surface area contributed by atoms with Crippen molar-refractivity contribution in [3.8, 4) is 11.3 Å². The van der Waals surface area contributed by atoms with Gasteiger partial charge in [-0.3, -0.25) is 9.20 Å². The number of carbonyl (C=O) groups is 1. The zero-order chi connectivity index (χ0) is 17.9. The molecule has 26 heavy (non-hydrogen) atoms. The minimum Gasteiger partial charge on any atom is -0.343 e. The van der Waals surface area contributed by atoms with Crippen molar-refractivity contribution in [3.63, 3.8) is 0 Å². The topological polar surface area (TPSA) is 37.6 Å². The second-order valence-electron chi connectivity index (χ2n) is 6.78. The first-order valence-corrected chi connectivity index (χ1v) is 10.1. The van der Waals surface area contributed by atoms with Crippen LogP contribution in [-0.2, 0) is 11.2 Å². The number of hydrogen-bond acceptors (Lipinski definition) is 3. The van der Waals surface area contributed by atoms with Crippen molar-refractivity contribution in [3.05, 3.63) is 47.4 Å². The van der Waals surface area contributed by atoms with Gasteiger partial charge in [0.15, 0.2) is 4.96 Å². The molecule has 0 spiro atoms. The van der Waals surface area contributed by atoms with Gasteiger partial charge in [-0.2, -0.15) is 0 Å². The molecule has 3 aromatic rings. The summed E-state index contributed by atoms with van der Waals surface area (Å²) in [4.78, 5) is 19.9. The van der Waals surface area contributed by atoms with E-state index < -0.39 is 0 Å². The van der Waals surface area contributed by atoms with Crippen LogP contribution in [0.1, 0.15) is 37.8 Å². The number of benzene rings is 1. The SMILES string of the molecule is O=C(CCc1csc2nc(-c3ccccc3F)cn12)N1CCCCCC1. The molecule has 1 aliphatic heterocycles. The summed E-state index contributed by atoms with van der Waals surface area (Å²) < 4.78 is 16.0. The molecule has 1 aliphatic rings. The van der Waals surface area contributed by atoms with Gasteiger partial charge in [0.1, 0.15) is 5.82 Å². The molecule has 136 valence electrons. The van der Waals surface area contributed by atoms with Crippen LogP contribution in [0, 0.1) is 5.82 Å². The van der Waals surface area contributed by atoms with E-state index in [-0.39, 0.29) is 11.7 Å². The Kier molecular flexibility index (Phi) is 5.02. The zero-order valence-corrected chi connectivity index (χ0v) is 15.5. The molecule has 0 N–H and O–H groups in total. The Labute approximate surface area is 156 Å². The van der Waals surface area contributed by atoms with E-state index in [1.165, 1.54) is 30.2 Å². The minimum atomic E-state index is -0.267. The van der Waals surface area contributed by atoms with Crippen molar-refractivity contribution in [2.45, 2.75) is 38.5 Å². The second-order valence-corrected chi connectivity index (χ2v) is 7.62. The van der Waals surface area contributed by atoms with Crippen molar-refractivity contribution >= 4 is 22.2 Å². The van der Waals surface area contributed by atoms with Crippen molar-refractivity contribution < 1.29 is 9.18 Å².